The molecule has 3 N–H and O–H groups in total. The Hall–Kier alpha value is -1.08. The fourth-order valence-corrected chi connectivity index (χ4v) is 1.98. The van der Waals surface area contributed by atoms with Gasteiger partial charge in [-0.3, -0.25) is 0 Å². The van der Waals surface area contributed by atoms with Gasteiger partial charge in [-0.25, -0.2) is 15.0 Å². The Morgan fingerprint density at radius 3 is 3.00 bits per heavy atom. The van der Waals surface area contributed by atoms with Crippen LogP contribution in [0.4, 0.5) is 5.95 Å². The monoisotopic (exact) mass is 271 g/mol. The van der Waals surface area contributed by atoms with E-state index in [9.17, 15) is 0 Å². The Morgan fingerprint density at radius 2 is 2.29 bits per heavy atom. The highest BCUT2D eigenvalue weighted by Crippen LogP contribution is 2.29. The zero-order valence-corrected chi connectivity index (χ0v) is 9.34. The van der Waals surface area contributed by atoms with E-state index in [1.807, 2.05) is 0 Å². The molecule has 0 radical (unpaired) electrons. The molecule has 0 fully saturated rings. The Bertz CT molecular complexity index is 430. The number of imidazole rings is 1. The van der Waals surface area contributed by atoms with Gasteiger partial charge in [0, 0.05) is 18.6 Å². The van der Waals surface area contributed by atoms with Crippen LogP contribution in [0.3, 0.4) is 0 Å². The van der Waals surface area contributed by atoms with Crippen molar-refractivity contribution in [2.75, 3.05) is 5.73 Å². The second kappa shape index (κ2) is 3.97. The second-order valence-corrected chi connectivity index (χ2v) is 4.21. The van der Waals surface area contributed by atoms with Gasteiger partial charge in [0.15, 0.2) is 5.16 Å². The molecule has 0 spiro atoms. The minimum atomic E-state index is 0.252. The molecule has 0 bridgehead atoms. The van der Waals surface area contributed by atoms with Crippen LogP contribution in [0.15, 0.2) is 33.2 Å². The number of halogens is 1. The summed E-state index contributed by atoms with van der Waals surface area (Å²) in [6.45, 7) is 0. The normalized spacial score (nSPS) is 10.4. The highest BCUT2D eigenvalue weighted by atomic mass is 79.9. The van der Waals surface area contributed by atoms with E-state index in [1.165, 1.54) is 11.8 Å². The molecule has 72 valence electrons. The molecule has 0 amide bonds. The number of rotatable bonds is 2. The van der Waals surface area contributed by atoms with Crippen LogP contribution in [0, 0.1) is 0 Å². The molecular weight excluding hydrogens is 266 g/mol. The van der Waals surface area contributed by atoms with E-state index in [-0.39, 0.29) is 5.95 Å². The number of nitrogens with two attached hydrogens (primary N) is 1. The Kier molecular flexibility index (Phi) is 2.69. The summed E-state index contributed by atoms with van der Waals surface area (Å²) >= 11 is 4.72. The van der Waals surface area contributed by atoms with Gasteiger partial charge in [-0.1, -0.05) is 0 Å². The van der Waals surface area contributed by atoms with Crippen molar-refractivity contribution in [1.82, 2.24) is 19.9 Å². The van der Waals surface area contributed by atoms with Crippen LogP contribution in [0.25, 0.3) is 0 Å². The second-order valence-electron chi connectivity index (χ2n) is 2.38. The number of nitrogens with zero attached hydrogens (tertiary/aromatic N) is 3. The zero-order valence-electron chi connectivity index (χ0n) is 6.94. The maximum atomic E-state index is 5.47. The molecule has 7 heteroatoms. The van der Waals surface area contributed by atoms with E-state index in [1.54, 1.807) is 18.6 Å². The standard InChI is InChI=1S/C7H6BrN5S/c8-4-3-12-6(9)13-5(4)14-7-10-1-2-11-7/h1-3H,(H,10,11)(H2,9,12,13). The molecule has 0 atom stereocenters. The minimum Gasteiger partial charge on any atom is -0.368 e. The number of aromatic amines is 1. The summed E-state index contributed by atoms with van der Waals surface area (Å²) in [5, 5.41) is 1.51. The predicted molar refractivity (Wildman–Crippen MR) is 56.9 cm³/mol. The van der Waals surface area contributed by atoms with Crippen molar-refractivity contribution in [3.05, 3.63) is 23.1 Å². The van der Waals surface area contributed by atoms with E-state index in [0.717, 1.165) is 14.7 Å². The maximum Gasteiger partial charge on any atom is 0.221 e. The van der Waals surface area contributed by atoms with E-state index in [2.05, 4.69) is 35.9 Å². The molecule has 2 aromatic rings. The highest BCUT2D eigenvalue weighted by molar-refractivity contribution is 9.10. The van der Waals surface area contributed by atoms with Gasteiger partial charge in [-0.05, 0) is 27.7 Å². The summed E-state index contributed by atoms with van der Waals surface area (Å²) in [5.41, 5.74) is 5.47. The molecule has 0 saturated heterocycles. The number of hydrogen-bond donors (Lipinski definition) is 2. The summed E-state index contributed by atoms with van der Waals surface area (Å²) in [5.74, 6) is 0.252. The van der Waals surface area contributed by atoms with E-state index in [4.69, 9.17) is 5.73 Å². The van der Waals surface area contributed by atoms with Crippen molar-refractivity contribution in [3.8, 4) is 0 Å². The first-order chi connectivity index (χ1) is 6.75. The third-order valence-electron chi connectivity index (χ3n) is 1.40. The summed E-state index contributed by atoms with van der Waals surface area (Å²) in [6, 6.07) is 0. The molecular formula is C7H6BrN5S. The number of nitrogen functional groups attached to an aromatic ring is 1. The lowest BCUT2D eigenvalue weighted by Gasteiger charge is -2.00. The van der Waals surface area contributed by atoms with Crippen molar-refractivity contribution in [3.63, 3.8) is 0 Å². The Labute approximate surface area is 92.7 Å². The van der Waals surface area contributed by atoms with Crippen LogP contribution in [0.2, 0.25) is 0 Å². The quantitative estimate of drug-likeness (QED) is 0.813. The lowest BCUT2D eigenvalue weighted by molar-refractivity contribution is 1.01. The lowest BCUT2D eigenvalue weighted by Crippen LogP contribution is -1.95. The predicted octanol–water partition coefficient (Wildman–Crippen LogP) is 1.70. The molecule has 2 aromatic heterocycles. The van der Waals surface area contributed by atoms with Gasteiger partial charge in [0.1, 0.15) is 5.03 Å². The van der Waals surface area contributed by atoms with Crippen molar-refractivity contribution < 1.29 is 0 Å². The SMILES string of the molecule is Nc1ncc(Br)c(Sc2ncc[nH]2)n1. The number of hydrogen-bond acceptors (Lipinski definition) is 5. The number of anilines is 1. The molecule has 5 nitrogen and oxygen atoms in total. The van der Waals surface area contributed by atoms with Crippen LogP contribution in [0.1, 0.15) is 0 Å². The third-order valence-corrected chi connectivity index (χ3v) is 3.16. The smallest absolute Gasteiger partial charge is 0.221 e. The van der Waals surface area contributed by atoms with Crippen LogP contribution < -0.4 is 5.73 Å². The molecule has 2 rings (SSSR count). The Balaban J connectivity index is 2.28. The average molecular weight is 272 g/mol. The topological polar surface area (TPSA) is 80.5 Å². The van der Waals surface area contributed by atoms with Crippen LogP contribution in [0.5, 0.6) is 0 Å². The summed E-state index contributed by atoms with van der Waals surface area (Å²) in [7, 11) is 0. The average Bonchev–Trinajstić information content (AvgIpc) is 2.64. The first-order valence-electron chi connectivity index (χ1n) is 3.71. The van der Waals surface area contributed by atoms with Crippen molar-refractivity contribution in [1.29, 1.82) is 0 Å². The van der Waals surface area contributed by atoms with Crippen LogP contribution in [-0.2, 0) is 0 Å². The Morgan fingerprint density at radius 1 is 1.43 bits per heavy atom. The number of nitrogens with one attached hydrogen (secondary N) is 1. The van der Waals surface area contributed by atoms with Gasteiger partial charge in [0.05, 0.1) is 4.47 Å². The van der Waals surface area contributed by atoms with Crippen molar-refractivity contribution in [2.45, 2.75) is 10.2 Å². The van der Waals surface area contributed by atoms with Crippen LogP contribution in [-0.4, -0.2) is 19.9 Å². The molecule has 0 aliphatic carbocycles. The van der Waals surface area contributed by atoms with Gasteiger partial charge in [-0.2, -0.15) is 0 Å². The highest BCUT2D eigenvalue weighted by Gasteiger charge is 2.06. The number of aromatic nitrogens is 4. The summed E-state index contributed by atoms with van der Waals surface area (Å²) in [6.07, 6.45) is 5.05. The van der Waals surface area contributed by atoms with E-state index in [0.29, 0.717) is 0 Å². The summed E-state index contributed by atoms with van der Waals surface area (Å²) in [4.78, 5) is 14.9. The molecule has 0 saturated carbocycles. The van der Waals surface area contributed by atoms with E-state index < -0.39 is 0 Å². The maximum absolute atomic E-state index is 5.47. The molecule has 0 unspecified atom stereocenters. The third kappa shape index (κ3) is 2.05. The number of H-pyrrole nitrogens is 1. The molecule has 0 aliphatic heterocycles. The van der Waals surface area contributed by atoms with Crippen LogP contribution >= 0.6 is 27.7 Å². The fraction of sp³-hybridized carbons (Fsp3) is 0. The minimum absolute atomic E-state index is 0.252. The van der Waals surface area contributed by atoms with Crippen molar-refractivity contribution in [2.24, 2.45) is 0 Å². The first-order valence-corrected chi connectivity index (χ1v) is 5.32. The molecule has 0 aromatic carbocycles. The van der Waals surface area contributed by atoms with E-state index >= 15 is 0 Å². The van der Waals surface area contributed by atoms with Gasteiger partial charge in [-0.15, -0.1) is 0 Å². The van der Waals surface area contributed by atoms with Gasteiger partial charge >= 0.3 is 0 Å². The zero-order chi connectivity index (χ0) is 9.97. The molecule has 0 aliphatic rings. The molecule has 14 heavy (non-hydrogen) atoms. The molecule has 2 heterocycles. The van der Waals surface area contributed by atoms with Gasteiger partial charge in [0.2, 0.25) is 5.95 Å². The largest absolute Gasteiger partial charge is 0.368 e. The lowest BCUT2D eigenvalue weighted by atomic mass is 10.7. The van der Waals surface area contributed by atoms with Gasteiger partial charge in [0.25, 0.3) is 0 Å². The first kappa shape index (κ1) is 9.47. The summed E-state index contributed by atoms with van der Waals surface area (Å²) < 4.78 is 0.799. The fourth-order valence-electron chi connectivity index (χ4n) is 0.834. The van der Waals surface area contributed by atoms with Crippen molar-refractivity contribution >= 4 is 33.6 Å². The van der Waals surface area contributed by atoms with Gasteiger partial charge < -0.3 is 10.7 Å².